The zero-order valence-corrected chi connectivity index (χ0v) is 19.5. The molecule has 9 nitrogen and oxygen atoms in total. The lowest BCUT2D eigenvalue weighted by Gasteiger charge is -2.25. The molecule has 0 bridgehead atoms. The number of rotatable bonds is 7. The maximum Gasteiger partial charge on any atom is 0.264 e. The number of ether oxygens (including phenoxy) is 2. The minimum atomic E-state index is -4.25. The van der Waals surface area contributed by atoms with Crippen molar-refractivity contribution < 1.29 is 31.9 Å². The van der Waals surface area contributed by atoms with Crippen LogP contribution in [0.2, 0.25) is 0 Å². The van der Waals surface area contributed by atoms with Gasteiger partial charge in [-0.3, -0.25) is 13.9 Å². The standard InChI is InChI=1S/C24H22FN3O6S/c1-16(29)26-18-3-2-4-19(13-18)27-24(30)15-28(20-7-5-17(25)6-8-20)35(31,32)21-9-10-22-23(14-21)34-12-11-33-22/h2-10,13-14H,11-12,15H2,1H3,(H,26,29)(H,27,30). The van der Waals surface area contributed by atoms with Crippen LogP contribution in [-0.2, 0) is 19.6 Å². The molecule has 0 fully saturated rings. The van der Waals surface area contributed by atoms with E-state index in [1.54, 1.807) is 18.2 Å². The number of anilines is 3. The molecule has 4 rings (SSSR count). The van der Waals surface area contributed by atoms with Crippen molar-refractivity contribution >= 4 is 38.9 Å². The molecule has 35 heavy (non-hydrogen) atoms. The first kappa shape index (κ1) is 24.0. The largest absolute Gasteiger partial charge is 0.486 e. The molecular formula is C24H22FN3O6S. The molecule has 0 spiro atoms. The molecule has 1 aliphatic heterocycles. The van der Waals surface area contributed by atoms with E-state index in [2.05, 4.69) is 10.6 Å². The van der Waals surface area contributed by atoms with E-state index in [-0.39, 0.29) is 28.8 Å². The van der Waals surface area contributed by atoms with Crippen LogP contribution in [0, 0.1) is 5.82 Å². The summed E-state index contributed by atoms with van der Waals surface area (Å²) in [5.41, 5.74) is 0.926. The van der Waals surface area contributed by atoms with E-state index in [1.165, 1.54) is 43.3 Å². The highest BCUT2D eigenvalue weighted by Crippen LogP contribution is 2.34. The molecule has 0 unspecified atom stereocenters. The normalized spacial score (nSPS) is 12.5. The Bertz CT molecular complexity index is 1360. The number of halogens is 1. The SMILES string of the molecule is CC(=O)Nc1cccc(NC(=O)CN(c2ccc(F)cc2)S(=O)(=O)c2ccc3c(c2)OCCO3)c1. The third-order valence-electron chi connectivity index (χ3n) is 4.97. The van der Waals surface area contributed by atoms with Crippen LogP contribution in [0.25, 0.3) is 0 Å². The fourth-order valence-electron chi connectivity index (χ4n) is 3.44. The quantitative estimate of drug-likeness (QED) is 0.515. The van der Waals surface area contributed by atoms with Crippen molar-refractivity contribution in [2.75, 3.05) is 34.7 Å². The number of sulfonamides is 1. The van der Waals surface area contributed by atoms with Crippen LogP contribution in [0.1, 0.15) is 6.92 Å². The van der Waals surface area contributed by atoms with Crippen molar-refractivity contribution in [3.63, 3.8) is 0 Å². The van der Waals surface area contributed by atoms with Gasteiger partial charge in [-0.1, -0.05) is 6.07 Å². The highest BCUT2D eigenvalue weighted by atomic mass is 32.2. The summed E-state index contributed by atoms with van der Waals surface area (Å²) in [7, 11) is -4.25. The van der Waals surface area contributed by atoms with Gasteiger partial charge in [0.15, 0.2) is 11.5 Å². The number of hydrogen-bond acceptors (Lipinski definition) is 6. The van der Waals surface area contributed by atoms with Crippen LogP contribution in [-0.4, -0.2) is 40.0 Å². The number of hydrogen-bond donors (Lipinski definition) is 2. The molecule has 3 aromatic rings. The van der Waals surface area contributed by atoms with Gasteiger partial charge in [0.2, 0.25) is 11.8 Å². The van der Waals surface area contributed by atoms with Gasteiger partial charge in [0.25, 0.3) is 10.0 Å². The monoisotopic (exact) mass is 499 g/mol. The maximum absolute atomic E-state index is 13.6. The van der Waals surface area contributed by atoms with E-state index in [0.29, 0.717) is 23.7 Å². The summed E-state index contributed by atoms with van der Waals surface area (Å²) in [5, 5.41) is 5.23. The second kappa shape index (κ2) is 10.0. The Morgan fingerprint density at radius 3 is 2.26 bits per heavy atom. The molecule has 0 saturated heterocycles. The average Bonchev–Trinajstić information content (AvgIpc) is 2.82. The van der Waals surface area contributed by atoms with E-state index < -0.39 is 28.3 Å². The Labute approximate surface area is 201 Å². The molecule has 0 aliphatic carbocycles. The van der Waals surface area contributed by atoms with Gasteiger partial charge in [-0.15, -0.1) is 0 Å². The van der Waals surface area contributed by atoms with Crippen LogP contribution in [0.5, 0.6) is 11.5 Å². The Morgan fingerprint density at radius 1 is 0.914 bits per heavy atom. The fourth-order valence-corrected chi connectivity index (χ4v) is 4.88. The predicted molar refractivity (Wildman–Crippen MR) is 128 cm³/mol. The predicted octanol–water partition coefficient (Wildman–Crippen LogP) is 3.39. The first-order valence-corrected chi connectivity index (χ1v) is 12.0. The minimum absolute atomic E-state index is 0.100. The van der Waals surface area contributed by atoms with Crippen LogP contribution < -0.4 is 24.4 Å². The van der Waals surface area contributed by atoms with Gasteiger partial charge >= 0.3 is 0 Å². The summed E-state index contributed by atoms with van der Waals surface area (Å²) in [6.45, 7) is 1.39. The third-order valence-corrected chi connectivity index (χ3v) is 6.74. The molecule has 0 aromatic heterocycles. The van der Waals surface area contributed by atoms with Crippen molar-refractivity contribution in [2.45, 2.75) is 11.8 Å². The van der Waals surface area contributed by atoms with Crippen LogP contribution in [0.3, 0.4) is 0 Å². The van der Waals surface area contributed by atoms with Gasteiger partial charge in [-0.05, 0) is 54.6 Å². The van der Waals surface area contributed by atoms with Crippen molar-refractivity contribution in [3.8, 4) is 11.5 Å². The molecule has 0 saturated carbocycles. The topological polar surface area (TPSA) is 114 Å². The van der Waals surface area contributed by atoms with E-state index in [4.69, 9.17) is 9.47 Å². The van der Waals surface area contributed by atoms with Gasteiger partial charge in [0, 0.05) is 24.4 Å². The van der Waals surface area contributed by atoms with Crippen LogP contribution >= 0.6 is 0 Å². The number of fused-ring (bicyclic) bond motifs is 1. The second-order valence-electron chi connectivity index (χ2n) is 7.60. The lowest BCUT2D eigenvalue weighted by atomic mass is 10.2. The Kier molecular flexibility index (Phi) is 6.87. The van der Waals surface area contributed by atoms with Gasteiger partial charge in [0.05, 0.1) is 10.6 Å². The lowest BCUT2D eigenvalue weighted by Crippen LogP contribution is -2.38. The van der Waals surface area contributed by atoms with Gasteiger partial charge in [-0.25, -0.2) is 12.8 Å². The molecular weight excluding hydrogens is 477 g/mol. The van der Waals surface area contributed by atoms with E-state index in [9.17, 15) is 22.4 Å². The number of amides is 2. The zero-order chi connectivity index (χ0) is 25.0. The number of carbonyl (C=O) groups excluding carboxylic acids is 2. The summed E-state index contributed by atoms with van der Waals surface area (Å²) in [5.74, 6) is -0.780. The summed E-state index contributed by atoms with van der Waals surface area (Å²) in [6.07, 6.45) is 0. The van der Waals surface area contributed by atoms with Crippen LogP contribution in [0.4, 0.5) is 21.5 Å². The molecule has 1 aliphatic rings. The summed E-state index contributed by atoms with van der Waals surface area (Å²) in [4.78, 5) is 24.1. The zero-order valence-electron chi connectivity index (χ0n) is 18.7. The van der Waals surface area contributed by atoms with Gasteiger partial charge in [0.1, 0.15) is 25.6 Å². The molecule has 182 valence electrons. The maximum atomic E-state index is 13.6. The Balaban J connectivity index is 1.63. The molecule has 0 atom stereocenters. The van der Waals surface area contributed by atoms with Crippen molar-refractivity contribution in [3.05, 3.63) is 72.5 Å². The lowest BCUT2D eigenvalue weighted by molar-refractivity contribution is -0.115. The fraction of sp³-hybridized carbons (Fsp3) is 0.167. The first-order valence-electron chi connectivity index (χ1n) is 10.6. The van der Waals surface area contributed by atoms with E-state index in [0.717, 1.165) is 16.4 Å². The van der Waals surface area contributed by atoms with Gasteiger partial charge in [-0.2, -0.15) is 0 Å². The van der Waals surface area contributed by atoms with Gasteiger partial charge < -0.3 is 20.1 Å². The number of nitrogens with zero attached hydrogens (tertiary/aromatic N) is 1. The number of nitrogens with one attached hydrogen (secondary N) is 2. The van der Waals surface area contributed by atoms with Crippen molar-refractivity contribution in [1.82, 2.24) is 0 Å². The number of benzene rings is 3. The molecule has 11 heteroatoms. The van der Waals surface area contributed by atoms with Crippen LogP contribution in [0.15, 0.2) is 71.6 Å². The second-order valence-corrected chi connectivity index (χ2v) is 9.47. The average molecular weight is 500 g/mol. The molecule has 0 radical (unpaired) electrons. The molecule has 2 N–H and O–H groups in total. The van der Waals surface area contributed by atoms with E-state index in [1.807, 2.05) is 0 Å². The Morgan fingerprint density at radius 2 is 1.57 bits per heavy atom. The first-order chi connectivity index (χ1) is 16.7. The number of carbonyl (C=O) groups is 2. The minimum Gasteiger partial charge on any atom is -0.486 e. The molecule has 1 heterocycles. The molecule has 2 amide bonds. The summed E-state index contributed by atoms with van der Waals surface area (Å²) < 4.78 is 52.5. The smallest absolute Gasteiger partial charge is 0.264 e. The highest BCUT2D eigenvalue weighted by molar-refractivity contribution is 7.92. The van der Waals surface area contributed by atoms with E-state index >= 15 is 0 Å². The Hall–Kier alpha value is -4.12. The summed E-state index contributed by atoms with van der Waals surface area (Å²) >= 11 is 0. The third kappa shape index (κ3) is 5.69. The summed E-state index contributed by atoms with van der Waals surface area (Å²) in [6, 6.07) is 15.3. The highest BCUT2D eigenvalue weighted by Gasteiger charge is 2.29. The molecule has 3 aromatic carbocycles. The van der Waals surface area contributed by atoms with Crippen molar-refractivity contribution in [2.24, 2.45) is 0 Å². The van der Waals surface area contributed by atoms with Crippen molar-refractivity contribution in [1.29, 1.82) is 0 Å².